The van der Waals surface area contributed by atoms with Crippen molar-refractivity contribution in [3.8, 4) is 5.19 Å². The van der Waals surface area contributed by atoms with Crippen LogP contribution in [-0.4, -0.2) is 29.1 Å². The summed E-state index contributed by atoms with van der Waals surface area (Å²) in [4.78, 5) is 6.63. The summed E-state index contributed by atoms with van der Waals surface area (Å²) in [5.41, 5.74) is 1.27. The average Bonchev–Trinajstić information content (AvgIpc) is 2.94. The fraction of sp³-hybridized carbons (Fsp3) is 0.400. The first kappa shape index (κ1) is 13.9. The molecule has 2 heterocycles. The van der Waals surface area contributed by atoms with E-state index in [0.717, 1.165) is 42.7 Å². The number of hydrogen-bond acceptors (Lipinski definition) is 4. The third-order valence-corrected chi connectivity index (χ3v) is 4.40. The lowest BCUT2D eigenvalue weighted by atomic mass is 10.1. The Morgan fingerprint density at radius 1 is 1.35 bits per heavy atom. The van der Waals surface area contributed by atoms with E-state index in [0.29, 0.717) is 6.10 Å². The maximum Gasteiger partial charge on any atom is 0.273 e. The van der Waals surface area contributed by atoms with E-state index in [1.165, 1.54) is 5.56 Å². The highest BCUT2D eigenvalue weighted by molar-refractivity contribution is 7.11. The Hall–Kier alpha value is -1.10. The van der Waals surface area contributed by atoms with Gasteiger partial charge in [0, 0.05) is 36.2 Å². The van der Waals surface area contributed by atoms with Crippen molar-refractivity contribution in [1.29, 1.82) is 0 Å². The van der Waals surface area contributed by atoms with Gasteiger partial charge in [-0.3, -0.25) is 4.90 Å². The molecule has 1 aromatic carbocycles. The second-order valence-corrected chi connectivity index (χ2v) is 6.31. The Balaban J connectivity index is 1.48. The number of halogens is 1. The number of thiazole rings is 1. The van der Waals surface area contributed by atoms with Crippen LogP contribution in [0.3, 0.4) is 0 Å². The third kappa shape index (κ3) is 3.72. The third-order valence-electron chi connectivity index (χ3n) is 3.51. The number of likely N-dealkylation sites (tertiary alicyclic amines) is 1. The highest BCUT2D eigenvalue weighted by Crippen LogP contribution is 2.22. The lowest BCUT2D eigenvalue weighted by Gasteiger charge is -2.31. The van der Waals surface area contributed by atoms with Crippen LogP contribution in [0.15, 0.2) is 35.8 Å². The van der Waals surface area contributed by atoms with Crippen LogP contribution in [0.1, 0.15) is 18.4 Å². The Kier molecular flexibility index (Phi) is 4.55. The van der Waals surface area contributed by atoms with Crippen molar-refractivity contribution >= 4 is 22.9 Å². The van der Waals surface area contributed by atoms with Crippen molar-refractivity contribution in [2.75, 3.05) is 13.1 Å². The Morgan fingerprint density at radius 2 is 2.20 bits per heavy atom. The van der Waals surface area contributed by atoms with Crippen LogP contribution in [0.5, 0.6) is 5.19 Å². The van der Waals surface area contributed by atoms with Gasteiger partial charge in [0.05, 0.1) is 0 Å². The van der Waals surface area contributed by atoms with Crippen LogP contribution in [-0.2, 0) is 6.54 Å². The van der Waals surface area contributed by atoms with Gasteiger partial charge in [-0.05, 0) is 30.5 Å². The van der Waals surface area contributed by atoms with E-state index < -0.39 is 0 Å². The number of ether oxygens (including phenoxy) is 1. The predicted molar refractivity (Wildman–Crippen MR) is 82.5 cm³/mol. The first-order valence-electron chi connectivity index (χ1n) is 6.82. The van der Waals surface area contributed by atoms with Gasteiger partial charge >= 0.3 is 0 Å². The van der Waals surface area contributed by atoms with Gasteiger partial charge in [-0.25, -0.2) is 4.98 Å². The van der Waals surface area contributed by atoms with Crippen molar-refractivity contribution in [3.05, 3.63) is 46.4 Å². The van der Waals surface area contributed by atoms with Gasteiger partial charge in [0.1, 0.15) is 6.10 Å². The molecule has 106 valence electrons. The van der Waals surface area contributed by atoms with Gasteiger partial charge in [-0.1, -0.05) is 35.1 Å². The fourth-order valence-corrected chi connectivity index (χ4v) is 3.25. The molecule has 1 aromatic heterocycles. The van der Waals surface area contributed by atoms with Crippen LogP contribution in [0, 0.1) is 0 Å². The lowest BCUT2D eigenvalue weighted by Crippen LogP contribution is -2.37. The number of hydrogen-bond donors (Lipinski definition) is 0. The summed E-state index contributed by atoms with van der Waals surface area (Å²) < 4.78 is 5.87. The van der Waals surface area contributed by atoms with Gasteiger partial charge in [0.2, 0.25) is 0 Å². The molecule has 0 unspecified atom stereocenters. The van der Waals surface area contributed by atoms with Crippen LogP contribution in [0.4, 0.5) is 0 Å². The second kappa shape index (κ2) is 6.57. The van der Waals surface area contributed by atoms with Crippen LogP contribution >= 0.6 is 22.9 Å². The lowest BCUT2D eigenvalue weighted by molar-refractivity contribution is 0.0965. The highest BCUT2D eigenvalue weighted by atomic mass is 35.5. The van der Waals surface area contributed by atoms with Crippen LogP contribution < -0.4 is 4.74 Å². The van der Waals surface area contributed by atoms with E-state index in [1.807, 2.05) is 23.6 Å². The second-order valence-electron chi connectivity index (χ2n) is 5.02. The molecular formula is C15H17ClN2OS. The minimum absolute atomic E-state index is 0.303. The summed E-state index contributed by atoms with van der Waals surface area (Å²) in [6.45, 7) is 3.08. The van der Waals surface area contributed by atoms with Crippen molar-refractivity contribution in [2.24, 2.45) is 0 Å². The number of piperidine rings is 1. The molecule has 0 amide bonds. The molecule has 0 spiro atoms. The van der Waals surface area contributed by atoms with E-state index in [2.05, 4.69) is 16.0 Å². The maximum atomic E-state index is 6.02. The number of benzene rings is 1. The maximum absolute atomic E-state index is 6.02. The van der Waals surface area contributed by atoms with E-state index >= 15 is 0 Å². The average molecular weight is 309 g/mol. The molecule has 3 rings (SSSR count). The zero-order chi connectivity index (χ0) is 13.8. The molecular weight excluding hydrogens is 292 g/mol. The zero-order valence-electron chi connectivity index (χ0n) is 11.2. The van der Waals surface area contributed by atoms with Gasteiger partial charge in [0.25, 0.3) is 5.19 Å². The SMILES string of the molecule is Clc1cccc(CN2CCC(Oc3nccs3)CC2)c1. The summed E-state index contributed by atoms with van der Waals surface area (Å²) in [7, 11) is 0. The van der Waals surface area contributed by atoms with E-state index in [-0.39, 0.29) is 0 Å². The Morgan fingerprint density at radius 3 is 2.90 bits per heavy atom. The first-order chi connectivity index (χ1) is 9.79. The summed E-state index contributed by atoms with van der Waals surface area (Å²) in [6.07, 6.45) is 4.20. The number of nitrogens with zero attached hydrogens (tertiary/aromatic N) is 2. The monoisotopic (exact) mass is 308 g/mol. The molecule has 20 heavy (non-hydrogen) atoms. The predicted octanol–water partition coefficient (Wildman–Crippen LogP) is 3.84. The molecule has 5 heteroatoms. The summed E-state index contributed by atoms with van der Waals surface area (Å²) in [6, 6.07) is 8.10. The largest absolute Gasteiger partial charge is 0.467 e. The van der Waals surface area contributed by atoms with Crippen molar-refractivity contribution < 1.29 is 4.74 Å². The molecule has 2 aromatic rings. The molecule has 1 aliphatic heterocycles. The summed E-state index contributed by atoms with van der Waals surface area (Å²) in [5.74, 6) is 0. The first-order valence-corrected chi connectivity index (χ1v) is 8.08. The molecule has 1 saturated heterocycles. The Labute approximate surface area is 128 Å². The molecule has 0 aliphatic carbocycles. The van der Waals surface area contributed by atoms with Crippen molar-refractivity contribution in [3.63, 3.8) is 0 Å². The quantitative estimate of drug-likeness (QED) is 0.858. The molecule has 0 N–H and O–H groups in total. The zero-order valence-corrected chi connectivity index (χ0v) is 12.7. The molecule has 0 bridgehead atoms. The van der Waals surface area contributed by atoms with E-state index in [1.54, 1.807) is 17.5 Å². The van der Waals surface area contributed by atoms with Crippen molar-refractivity contribution in [2.45, 2.75) is 25.5 Å². The summed E-state index contributed by atoms with van der Waals surface area (Å²) in [5, 5.41) is 3.55. The Bertz CT molecular complexity index is 539. The molecule has 0 atom stereocenters. The van der Waals surface area contributed by atoms with E-state index in [9.17, 15) is 0 Å². The molecule has 1 aliphatic rings. The van der Waals surface area contributed by atoms with Gasteiger partial charge < -0.3 is 4.74 Å². The molecule has 0 saturated carbocycles. The topological polar surface area (TPSA) is 25.4 Å². The van der Waals surface area contributed by atoms with Crippen LogP contribution in [0.2, 0.25) is 5.02 Å². The van der Waals surface area contributed by atoms with E-state index in [4.69, 9.17) is 16.3 Å². The molecule has 0 radical (unpaired) electrons. The van der Waals surface area contributed by atoms with Gasteiger partial charge in [-0.15, -0.1) is 0 Å². The van der Waals surface area contributed by atoms with Gasteiger partial charge in [-0.2, -0.15) is 0 Å². The standard InChI is InChI=1S/C15H17ClN2OS/c16-13-3-1-2-12(10-13)11-18-7-4-14(5-8-18)19-15-17-6-9-20-15/h1-3,6,9-10,14H,4-5,7-8,11H2. The summed E-state index contributed by atoms with van der Waals surface area (Å²) >= 11 is 7.58. The smallest absolute Gasteiger partial charge is 0.273 e. The molecule has 3 nitrogen and oxygen atoms in total. The minimum atomic E-state index is 0.303. The van der Waals surface area contributed by atoms with Crippen molar-refractivity contribution in [1.82, 2.24) is 9.88 Å². The number of aromatic nitrogens is 1. The number of rotatable bonds is 4. The normalized spacial score (nSPS) is 17.2. The van der Waals surface area contributed by atoms with Crippen LogP contribution in [0.25, 0.3) is 0 Å². The fourth-order valence-electron chi connectivity index (χ4n) is 2.49. The minimum Gasteiger partial charge on any atom is -0.467 e. The highest BCUT2D eigenvalue weighted by Gasteiger charge is 2.21. The van der Waals surface area contributed by atoms with Gasteiger partial charge in [0.15, 0.2) is 0 Å². The molecule has 1 fully saturated rings.